The molecule has 0 aliphatic rings. The van der Waals surface area contributed by atoms with Crippen molar-refractivity contribution in [1.82, 2.24) is 4.57 Å². The fourth-order valence-corrected chi connectivity index (χ4v) is 2.64. The Morgan fingerprint density at radius 2 is 1.76 bits per heavy atom. The number of halogens is 2. The first-order valence-corrected chi connectivity index (χ1v) is 6.62. The quantitative estimate of drug-likeness (QED) is 0.775. The molecule has 5 heteroatoms. The molecule has 1 heterocycles. The molecule has 2 aromatic carbocycles. The molecular formula is C16H13Cl2N3. The summed E-state index contributed by atoms with van der Waals surface area (Å²) in [7, 11) is 0. The predicted octanol–water partition coefficient (Wildman–Crippen LogP) is 4.04. The summed E-state index contributed by atoms with van der Waals surface area (Å²) in [5.74, 6) is 0. The lowest BCUT2D eigenvalue weighted by atomic mass is 10.2. The fraction of sp³-hybridized carbons (Fsp3) is 0.0625. The Balaban J connectivity index is 0.00000161. The van der Waals surface area contributed by atoms with Crippen LogP contribution in [0.3, 0.4) is 0 Å². The molecule has 106 valence electrons. The molecule has 0 radical (unpaired) electrons. The third kappa shape index (κ3) is 2.50. The number of para-hydroxylation sites is 1. The third-order valence-corrected chi connectivity index (χ3v) is 3.73. The van der Waals surface area contributed by atoms with Crippen LogP contribution in [-0.4, -0.2) is 4.57 Å². The molecule has 0 fully saturated rings. The lowest BCUT2D eigenvalue weighted by molar-refractivity contribution is 1.05. The maximum absolute atomic E-state index is 9.39. The van der Waals surface area contributed by atoms with Crippen LogP contribution in [0.1, 0.15) is 11.3 Å². The molecule has 2 N–H and O–H groups in total. The molecule has 0 spiro atoms. The van der Waals surface area contributed by atoms with Gasteiger partial charge in [0.2, 0.25) is 0 Å². The van der Waals surface area contributed by atoms with E-state index in [2.05, 4.69) is 6.07 Å². The average Bonchev–Trinajstić information content (AvgIpc) is 2.80. The number of fused-ring (bicyclic) bond motifs is 1. The number of benzene rings is 2. The number of nitrogens with zero attached hydrogens (tertiary/aromatic N) is 2. The zero-order valence-corrected chi connectivity index (χ0v) is 12.7. The van der Waals surface area contributed by atoms with Gasteiger partial charge in [-0.1, -0.05) is 41.9 Å². The van der Waals surface area contributed by atoms with Crippen LogP contribution in [0.25, 0.3) is 16.6 Å². The van der Waals surface area contributed by atoms with Gasteiger partial charge < -0.3 is 5.73 Å². The monoisotopic (exact) mass is 317 g/mol. The smallest absolute Gasteiger partial charge is 0.144 e. The average molecular weight is 318 g/mol. The van der Waals surface area contributed by atoms with E-state index in [0.29, 0.717) is 17.3 Å². The summed E-state index contributed by atoms with van der Waals surface area (Å²) < 4.78 is 1.87. The van der Waals surface area contributed by atoms with Gasteiger partial charge in [0.05, 0.1) is 10.5 Å². The van der Waals surface area contributed by atoms with Crippen LogP contribution in [0, 0.1) is 11.3 Å². The number of hydrogen-bond donors (Lipinski definition) is 1. The zero-order valence-electron chi connectivity index (χ0n) is 11.1. The summed E-state index contributed by atoms with van der Waals surface area (Å²) in [5.41, 5.74) is 8.94. The molecule has 0 saturated heterocycles. The normalized spacial score (nSPS) is 10.1. The largest absolute Gasteiger partial charge is 0.326 e. The maximum Gasteiger partial charge on any atom is 0.144 e. The fourth-order valence-electron chi connectivity index (χ4n) is 2.35. The number of hydrogen-bond acceptors (Lipinski definition) is 2. The first-order chi connectivity index (χ1) is 9.76. The molecule has 3 nitrogen and oxygen atoms in total. The second-order valence-corrected chi connectivity index (χ2v) is 4.88. The molecule has 21 heavy (non-hydrogen) atoms. The molecule has 0 bridgehead atoms. The lowest BCUT2D eigenvalue weighted by Crippen LogP contribution is -1.99. The summed E-state index contributed by atoms with van der Waals surface area (Å²) in [6, 6.07) is 17.7. The van der Waals surface area contributed by atoms with Crippen molar-refractivity contribution in [3.05, 3.63) is 64.8 Å². The molecule has 0 unspecified atom stereocenters. The third-order valence-electron chi connectivity index (χ3n) is 3.35. The maximum atomic E-state index is 9.39. The second-order valence-electron chi connectivity index (χ2n) is 4.50. The van der Waals surface area contributed by atoms with E-state index >= 15 is 0 Å². The van der Waals surface area contributed by atoms with Crippen molar-refractivity contribution in [2.75, 3.05) is 0 Å². The van der Waals surface area contributed by atoms with E-state index in [1.807, 2.05) is 53.1 Å². The van der Waals surface area contributed by atoms with Crippen molar-refractivity contribution in [3.8, 4) is 11.8 Å². The zero-order chi connectivity index (χ0) is 14.1. The highest BCUT2D eigenvalue weighted by molar-refractivity contribution is 6.37. The first kappa shape index (κ1) is 15.4. The number of nitriles is 1. The lowest BCUT2D eigenvalue weighted by Gasteiger charge is -2.07. The van der Waals surface area contributed by atoms with Gasteiger partial charge in [0.15, 0.2) is 0 Å². The Bertz CT molecular complexity index is 814. The summed E-state index contributed by atoms with van der Waals surface area (Å²) in [6.45, 7) is 0.499. The van der Waals surface area contributed by atoms with Gasteiger partial charge in [-0.15, -0.1) is 12.4 Å². The van der Waals surface area contributed by atoms with Crippen molar-refractivity contribution in [1.29, 1.82) is 5.26 Å². The van der Waals surface area contributed by atoms with Crippen LogP contribution in [0.4, 0.5) is 0 Å². The van der Waals surface area contributed by atoms with Crippen molar-refractivity contribution < 1.29 is 0 Å². The van der Waals surface area contributed by atoms with Crippen molar-refractivity contribution in [2.24, 2.45) is 5.73 Å². The Morgan fingerprint density at radius 3 is 2.38 bits per heavy atom. The second kappa shape index (κ2) is 6.19. The van der Waals surface area contributed by atoms with Crippen LogP contribution in [0.15, 0.2) is 48.5 Å². The van der Waals surface area contributed by atoms with E-state index in [1.54, 1.807) is 0 Å². The predicted molar refractivity (Wildman–Crippen MR) is 88.1 cm³/mol. The van der Waals surface area contributed by atoms with Crippen LogP contribution in [0.2, 0.25) is 5.02 Å². The van der Waals surface area contributed by atoms with Crippen LogP contribution in [-0.2, 0) is 6.54 Å². The number of rotatable bonds is 2. The van der Waals surface area contributed by atoms with Gasteiger partial charge in [-0.25, -0.2) is 0 Å². The molecular weight excluding hydrogens is 305 g/mol. The molecule has 0 saturated carbocycles. The van der Waals surface area contributed by atoms with Gasteiger partial charge in [0.1, 0.15) is 11.8 Å². The van der Waals surface area contributed by atoms with Crippen molar-refractivity contribution in [3.63, 3.8) is 0 Å². The summed E-state index contributed by atoms with van der Waals surface area (Å²) in [4.78, 5) is 0. The van der Waals surface area contributed by atoms with E-state index in [1.165, 1.54) is 0 Å². The standard InChI is InChI=1S/C16H12ClN3.ClH/c17-16-13-3-1-2-4-14(13)20(15(16)10-19)12-7-5-11(9-18)6-8-12;/h1-8H,9,18H2;1H. The highest BCUT2D eigenvalue weighted by Crippen LogP contribution is 2.32. The van der Waals surface area contributed by atoms with Crippen molar-refractivity contribution in [2.45, 2.75) is 6.54 Å². The van der Waals surface area contributed by atoms with Crippen LogP contribution < -0.4 is 5.73 Å². The molecule has 3 aromatic rings. The summed E-state index contributed by atoms with van der Waals surface area (Å²) in [5, 5.41) is 10.8. The van der Waals surface area contributed by atoms with E-state index < -0.39 is 0 Å². The molecule has 0 aliphatic carbocycles. The number of aromatic nitrogens is 1. The van der Waals surface area contributed by atoms with E-state index in [9.17, 15) is 5.26 Å². The van der Waals surface area contributed by atoms with Gasteiger partial charge in [-0.3, -0.25) is 4.57 Å². The molecule has 1 aromatic heterocycles. The van der Waals surface area contributed by atoms with Crippen LogP contribution >= 0.6 is 24.0 Å². The molecule has 3 rings (SSSR count). The van der Waals surface area contributed by atoms with Gasteiger partial charge in [-0.2, -0.15) is 5.26 Å². The SMILES string of the molecule is Cl.N#Cc1c(Cl)c2ccccc2n1-c1ccc(CN)cc1. The minimum absolute atomic E-state index is 0. The van der Waals surface area contributed by atoms with Crippen LogP contribution in [0.5, 0.6) is 0 Å². The minimum atomic E-state index is 0. The highest BCUT2D eigenvalue weighted by Gasteiger charge is 2.16. The van der Waals surface area contributed by atoms with E-state index in [4.69, 9.17) is 17.3 Å². The summed E-state index contributed by atoms with van der Waals surface area (Å²) >= 11 is 6.31. The minimum Gasteiger partial charge on any atom is -0.326 e. The Kier molecular flexibility index (Phi) is 4.54. The van der Waals surface area contributed by atoms with Gasteiger partial charge in [0.25, 0.3) is 0 Å². The Morgan fingerprint density at radius 1 is 1.10 bits per heavy atom. The first-order valence-electron chi connectivity index (χ1n) is 6.24. The highest BCUT2D eigenvalue weighted by atomic mass is 35.5. The molecule has 0 amide bonds. The van der Waals surface area contributed by atoms with Gasteiger partial charge in [0, 0.05) is 17.6 Å². The molecule has 0 atom stereocenters. The summed E-state index contributed by atoms with van der Waals surface area (Å²) in [6.07, 6.45) is 0. The molecule has 0 aliphatic heterocycles. The number of nitrogens with two attached hydrogens (primary N) is 1. The van der Waals surface area contributed by atoms with E-state index in [-0.39, 0.29) is 12.4 Å². The Hall–Kier alpha value is -1.99. The van der Waals surface area contributed by atoms with Crippen molar-refractivity contribution >= 4 is 34.9 Å². The van der Waals surface area contributed by atoms with Gasteiger partial charge in [-0.05, 0) is 23.8 Å². The topological polar surface area (TPSA) is 54.7 Å². The van der Waals surface area contributed by atoms with Gasteiger partial charge >= 0.3 is 0 Å². The Labute approximate surface area is 134 Å². The van der Waals surface area contributed by atoms with E-state index in [0.717, 1.165) is 22.2 Å².